The molecule has 22 heavy (non-hydrogen) atoms. The molecule has 0 radical (unpaired) electrons. The van der Waals surface area contributed by atoms with Gasteiger partial charge in [-0.3, -0.25) is 4.79 Å². The third kappa shape index (κ3) is 3.06. The Morgan fingerprint density at radius 1 is 1.18 bits per heavy atom. The number of carbonyl (C=O) groups excluding carboxylic acids is 1. The molecule has 6 nitrogen and oxygen atoms in total. The molecule has 0 bridgehead atoms. The van der Waals surface area contributed by atoms with E-state index < -0.39 is 0 Å². The number of aromatic nitrogens is 2. The van der Waals surface area contributed by atoms with Gasteiger partial charge in [0.25, 0.3) is 0 Å². The van der Waals surface area contributed by atoms with E-state index in [9.17, 15) is 4.79 Å². The summed E-state index contributed by atoms with van der Waals surface area (Å²) in [6.45, 7) is 8.57. The van der Waals surface area contributed by atoms with Crippen molar-refractivity contribution in [3.05, 3.63) is 17.6 Å². The lowest BCUT2D eigenvalue weighted by Crippen LogP contribution is -2.45. The summed E-state index contributed by atoms with van der Waals surface area (Å²) in [7, 11) is 2.15. The zero-order valence-corrected chi connectivity index (χ0v) is 13.7. The molecular weight excluding hydrogens is 278 g/mol. The SMILES string of the molecule is CC(=O)N1CCC[C@@H]1c1nc(C)cc(N2CCN(C)CC2)n1. The zero-order chi connectivity index (χ0) is 15.7. The van der Waals surface area contributed by atoms with Crippen LogP contribution in [0.3, 0.4) is 0 Å². The van der Waals surface area contributed by atoms with Crippen molar-refractivity contribution in [2.75, 3.05) is 44.7 Å². The molecule has 0 spiro atoms. The number of amides is 1. The summed E-state index contributed by atoms with van der Waals surface area (Å²) >= 11 is 0. The maximum absolute atomic E-state index is 11.8. The average molecular weight is 303 g/mol. The number of hydrogen-bond acceptors (Lipinski definition) is 5. The van der Waals surface area contributed by atoms with E-state index in [0.29, 0.717) is 0 Å². The number of aryl methyl sites for hydroxylation is 1. The van der Waals surface area contributed by atoms with Crippen LogP contribution in [0.25, 0.3) is 0 Å². The fraction of sp³-hybridized carbons (Fsp3) is 0.688. The predicted molar refractivity (Wildman–Crippen MR) is 85.8 cm³/mol. The van der Waals surface area contributed by atoms with Crippen LogP contribution in [-0.4, -0.2) is 65.4 Å². The molecule has 6 heteroatoms. The summed E-state index contributed by atoms with van der Waals surface area (Å²) in [5.74, 6) is 1.93. The molecule has 0 aromatic carbocycles. The van der Waals surface area contributed by atoms with Crippen LogP contribution < -0.4 is 4.90 Å². The van der Waals surface area contributed by atoms with Crippen LogP contribution in [0.4, 0.5) is 5.82 Å². The van der Waals surface area contributed by atoms with Crippen molar-refractivity contribution in [3.8, 4) is 0 Å². The minimum atomic E-state index is 0.0450. The minimum Gasteiger partial charge on any atom is -0.354 e. The van der Waals surface area contributed by atoms with Crippen LogP contribution in [0.2, 0.25) is 0 Å². The van der Waals surface area contributed by atoms with Crippen molar-refractivity contribution in [2.45, 2.75) is 32.7 Å². The van der Waals surface area contributed by atoms with E-state index in [2.05, 4.69) is 27.9 Å². The molecule has 1 atom stereocenters. The topological polar surface area (TPSA) is 52.6 Å². The van der Waals surface area contributed by atoms with E-state index in [1.807, 2.05) is 11.8 Å². The van der Waals surface area contributed by atoms with E-state index in [1.54, 1.807) is 6.92 Å². The van der Waals surface area contributed by atoms with E-state index in [4.69, 9.17) is 4.98 Å². The lowest BCUT2D eigenvalue weighted by molar-refractivity contribution is -0.129. The fourth-order valence-electron chi connectivity index (χ4n) is 3.33. The van der Waals surface area contributed by atoms with Gasteiger partial charge >= 0.3 is 0 Å². The van der Waals surface area contributed by atoms with E-state index in [1.165, 1.54) is 0 Å². The predicted octanol–water partition coefficient (Wildman–Crippen LogP) is 1.22. The molecule has 0 N–H and O–H groups in total. The van der Waals surface area contributed by atoms with Crippen LogP contribution in [0.1, 0.15) is 37.3 Å². The van der Waals surface area contributed by atoms with Gasteiger partial charge in [-0.1, -0.05) is 0 Å². The number of rotatable bonds is 2. The number of likely N-dealkylation sites (tertiary alicyclic amines) is 1. The Balaban J connectivity index is 1.85. The molecule has 0 unspecified atom stereocenters. The van der Waals surface area contributed by atoms with Gasteiger partial charge in [0.2, 0.25) is 5.91 Å². The van der Waals surface area contributed by atoms with Gasteiger partial charge in [0.1, 0.15) is 5.82 Å². The van der Waals surface area contributed by atoms with Gasteiger partial charge in [0, 0.05) is 51.4 Å². The van der Waals surface area contributed by atoms with Crippen molar-refractivity contribution < 1.29 is 4.79 Å². The minimum absolute atomic E-state index is 0.0450. The highest BCUT2D eigenvalue weighted by Gasteiger charge is 2.30. The largest absolute Gasteiger partial charge is 0.354 e. The number of nitrogens with zero attached hydrogens (tertiary/aromatic N) is 5. The summed E-state index contributed by atoms with van der Waals surface area (Å²) < 4.78 is 0. The summed E-state index contributed by atoms with van der Waals surface area (Å²) in [4.78, 5) is 27.8. The first kappa shape index (κ1) is 15.2. The fourth-order valence-corrected chi connectivity index (χ4v) is 3.33. The number of piperazine rings is 1. The molecular formula is C16H25N5O. The normalized spacial score (nSPS) is 23.1. The van der Waals surface area contributed by atoms with Crippen molar-refractivity contribution in [2.24, 2.45) is 0 Å². The summed E-state index contributed by atoms with van der Waals surface area (Å²) in [5, 5.41) is 0. The van der Waals surface area contributed by atoms with Crippen molar-refractivity contribution in [1.82, 2.24) is 19.8 Å². The lowest BCUT2D eigenvalue weighted by atomic mass is 10.2. The molecule has 2 aliphatic rings. The summed E-state index contributed by atoms with van der Waals surface area (Å²) in [6.07, 6.45) is 2.00. The molecule has 2 aliphatic heterocycles. The van der Waals surface area contributed by atoms with Crippen LogP contribution in [0.15, 0.2) is 6.07 Å². The van der Waals surface area contributed by atoms with E-state index in [0.717, 1.165) is 62.9 Å². The first-order chi connectivity index (χ1) is 10.5. The second-order valence-corrected chi connectivity index (χ2v) is 6.39. The van der Waals surface area contributed by atoms with Crippen LogP contribution in [0.5, 0.6) is 0 Å². The third-order valence-electron chi connectivity index (χ3n) is 4.64. The van der Waals surface area contributed by atoms with Gasteiger partial charge in [-0.05, 0) is 26.8 Å². The first-order valence-electron chi connectivity index (χ1n) is 8.11. The van der Waals surface area contributed by atoms with Crippen LogP contribution in [0, 0.1) is 6.92 Å². The Kier molecular flexibility index (Phi) is 4.29. The monoisotopic (exact) mass is 303 g/mol. The molecule has 2 saturated heterocycles. The Labute approximate surface area is 132 Å². The number of hydrogen-bond donors (Lipinski definition) is 0. The lowest BCUT2D eigenvalue weighted by Gasteiger charge is -2.33. The van der Waals surface area contributed by atoms with Gasteiger partial charge in [-0.15, -0.1) is 0 Å². The van der Waals surface area contributed by atoms with Crippen LogP contribution >= 0.6 is 0 Å². The second-order valence-electron chi connectivity index (χ2n) is 6.39. The standard InChI is InChI=1S/C16H25N5O/c1-12-11-15(20-9-7-19(3)8-10-20)18-16(17-12)14-5-4-6-21(14)13(2)22/h11,14H,4-10H2,1-3H3/t14-/m1/s1. The molecule has 1 aromatic rings. The Bertz CT molecular complexity index is 553. The first-order valence-corrected chi connectivity index (χ1v) is 8.11. The van der Waals surface area contributed by atoms with Gasteiger partial charge in [0.05, 0.1) is 6.04 Å². The van der Waals surface area contributed by atoms with Gasteiger partial charge in [-0.25, -0.2) is 9.97 Å². The van der Waals surface area contributed by atoms with E-state index >= 15 is 0 Å². The molecule has 3 rings (SSSR count). The number of anilines is 1. The smallest absolute Gasteiger partial charge is 0.220 e. The van der Waals surface area contributed by atoms with Crippen molar-refractivity contribution in [1.29, 1.82) is 0 Å². The average Bonchev–Trinajstić information content (AvgIpc) is 2.97. The molecule has 1 amide bonds. The molecule has 0 aliphatic carbocycles. The summed E-state index contributed by atoms with van der Waals surface area (Å²) in [5.41, 5.74) is 0.981. The maximum Gasteiger partial charge on any atom is 0.220 e. The highest BCUT2D eigenvalue weighted by molar-refractivity contribution is 5.74. The van der Waals surface area contributed by atoms with Crippen molar-refractivity contribution >= 4 is 11.7 Å². The molecule has 2 fully saturated rings. The third-order valence-corrected chi connectivity index (χ3v) is 4.64. The molecule has 0 saturated carbocycles. The number of likely N-dealkylation sites (N-methyl/N-ethyl adjacent to an activating group) is 1. The Hall–Kier alpha value is -1.69. The number of carbonyl (C=O) groups is 1. The Morgan fingerprint density at radius 2 is 1.91 bits per heavy atom. The van der Waals surface area contributed by atoms with Crippen molar-refractivity contribution in [3.63, 3.8) is 0 Å². The quantitative estimate of drug-likeness (QED) is 0.822. The summed E-state index contributed by atoms with van der Waals surface area (Å²) in [6, 6.07) is 2.10. The maximum atomic E-state index is 11.8. The zero-order valence-electron chi connectivity index (χ0n) is 13.7. The Morgan fingerprint density at radius 3 is 2.59 bits per heavy atom. The highest BCUT2D eigenvalue weighted by Crippen LogP contribution is 2.31. The molecule has 3 heterocycles. The van der Waals surface area contributed by atoms with E-state index in [-0.39, 0.29) is 11.9 Å². The van der Waals surface area contributed by atoms with Gasteiger partial charge in [0.15, 0.2) is 5.82 Å². The van der Waals surface area contributed by atoms with Gasteiger partial charge < -0.3 is 14.7 Å². The van der Waals surface area contributed by atoms with Gasteiger partial charge in [-0.2, -0.15) is 0 Å². The second kappa shape index (κ2) is 6.20. The highest BCUT2D eigenvalue weighted by atomic mass is 16.2. The molecule has 120 valence electrons. The molecule has 1 aromatic heterocycles. The van der Waals surface area contributed by atoms with Crippen LogP contribution in [-0.2, 0) is 4.79 Å².